The minimum absolute atomic E-state index is 0.00602. The average molecular weight is 166 g/mol. The van der Waals surface area contributed by atoms with E-state index in [9.17, 15) is 9.18 Å². The number of hydrogen-bond donors (Lipinski definition) is 0. The summed E-state index contributed by atoms with van der Waals surface area (Å²) in [5.74, 6) is -0.162. The van der Waals surface area contributed by atoms with Crippen LogP contribution in [0.4, 0.5) is 4.39 Å². The second kappa shape index (κ2) is 2.59. The number of halogens is 1. The standard InChI is InChI=1S/C9H7FO2/c10-8-3-1-2-6-4-7(11)5-12-9(6)8/h1-3H,4-5H2. The lowest BCUT2D eigenvalue weighted by Crippen LogP contribution is -2.20. The largest absolute Gasteiger partial charge is 0.482 e. The third-order valence-electron chi connectivity index (χ3n) is 1.81. The van der Waals surface area contributed by atoms with E-state index in [4.69, 9.17) is 4.74 Å². The molecule has 12 heavy (non-hydrogen) atoms. The van der Waals surface area contributed by atoms with E-state index in [1.165, 1.54) is 6.07 Å². The monoisotopic (exact) mass is 166 g/mol. The summed E-state index contributed by atoms with van der Waals surface area (Å²) in [5, 5.41) is 0. The molecule has 62 valence electrons. The fourth-order valence-electron chi connectivity index (χ4n) is 1.27. The van der Waals surface area contributed by atoms with Crippen molar-refractivity contribution < 1.29 is 13.9 Å². The lowest BCUT2D eigenvalue weighted by Gasteiger charge is -2.15. The second-order valence-corrected chi connectivity index (χ2v) is 2.73. The maximum atomic E-state index is 13.0. The fraction of sp³-hybridized carbons (Fsp3) is 0.222. The predicted octanol–water partition coefficient (Wildman–Crippen LogP) is 1.33. The van der Waals surface area contributed by atoms with Crippen LogP contribution in [0.25, 0.3) is 0 Å². The number of hydrogen-bond acceptors (Lipinski definition) is 2. The summed E-state index contributed by atoms with van der Waals surface area (Å²) < 4.78 is 17.9. The highest BCUT2D eigenvalue weighted by molar-refractivity contribution is 5.84. The zero-order valence-corrected chi connectivity index (χ0v) is 6.34. The number of rotatable bonds is 0. The molecule has 3 heteroatoms. The van der Waals surface area contributed by atoms with E-state index in [0.29, 0.717) is 5.56 Å². The van der Waals surface area contributed by atoms with Crippen LogP contribution in [0, 0.1) is 5.82 Å². The van der Waals surface area contributed by atoms with Crippen LogP contribution in [-0.2, 0) is 11.2 Å². The van der Waals surface area contributed by atoms with Gasteiger partial charge in [0, 0.05) is 12.0 Å². The molecule has 0 unspecified atom stereocenters. The molecule has 0 N–H and O–H groups in total. The molecule has 0 bridgehead atoms. The zero-order chi connectivity index (χ0) is 8.55. The summed E-state index contributed by atoms with van der Waals surface area (Å²) in [5.41, 5.74) is 0.645. The molecule has 2 rings (SSSR count). The maximum Gasteiger partial charge on any atom is 0.174 e. The summed E-state index contributed by atoms with van der Waals surface area (Å²) >= 11 is 0. The van der Waals surface area contributed by atoms with Gasteiger partial charge in [-0.25, -0.2) is 4.39 Å². The van der Waals surface area contributed by atoms with Crippen molar-refractivity contribution in [2.24, 2.45) is 0 Å². The van der Waals surface area contributed by atoms with Crippen molar-refractivity contribution in [1.82, 2.24) is 0 Å². The van der Waals surface area contributed by atoms with E-state index in [1.54, 1.807) is 12.1 Å². The summed E-state index contributed by atoms with van der Waals surface area (Å²) in [4.78, 5) is 10.9. The molecule has 0 amide bonds. The molecule has 1 aliphatic rings. The van der Waals surface area contributed by atoms with Crippen LogP contribution in [0.2, 0.25) is 0 Å². The zero-order valence-electron chi connectivity index (χ0n) is 6.34. The van der Waals surface area contributed by atoms with Gasteiger partial charge in [-0.3, -0.25) is 4.79 Å². The number of carbonyl (C=O) groups is 1. The molecule has 2 nitrogen and oxygen atoms in total. The van der Waals surface area contributed by atoms with Crippen molar-refractivity contribution in [3.8, 4) is 5.75 Å². The highest BCUT2D eigenvalue weighted by Crippen LogP contribution is 2.25. The van der Waals surface area contributed by atoms with Gasteiger partial charge in [-0.05, 0) is 6.07 Å². The van der Waals surface area contributed by atoms with Crippen molar-refractivity contribution in [3.63, 3.8) is 0 Å². The van der Waals surface area contributed by atoms with E-state index >= 15 is 0 Å². The molecular formula is C9H7FO2. The first kappa shape index (κ1) is 7.28. The number of Topliss-reactive ketones (excluding diaryl/α,β-unsaturated/α-hetero) is 1. The van der Waals surface area contributed by atoms with Crippen molar-refractivity contribution in [1.29, 1.82) is 0 Å². The Morgan fingerprint density at radius 1 is 1.42 bits per heavy atom. The fourth-order valence-corrected chi connectivity index (χ4v) is 1.27. The molecule has 0 atom stereocenters. The lowest BCUT2D eigenvalue weighted by molar-refractivity contribution is -0.121. The highest BCUT2D eigenvalue weighted by atomic mass is 19.1. The Morgan fingerprint density at radius 3 is 3.08 bits per heavy atom. The number of para-hydroxylation sites is 1. The van der Waals surface area contributed by atoms with Gasteiger partial charge < -0.3 is 4.74 Å². The molecule has 1 aliphatic heterocycles. The SMILES string of the molecule is O=C1COc2c(F)cccc2C1. The van der Waals surface area contributed by atoms with Crippen molar-refractivity contribution in [2.75, 3.05) is 6.61 Å². The molecule has 0 saturated heterocycles. The molecule has 0 fully saturated rings. The van der Waals surface area contributed by atoms with Crippen molar-refractivity contribution in [3.05, 3.63) is 29.6 Å². The van der Waals surface area contributed by atoms with Gasteiger partial charge in [-0.15, -0.1) is 0 Å². The smallest absolute Gasteiger partial charge is 0.174 e. The van der Waals surface area contributed by atoms with Crippen LogP contribution >= 0.6 is 0 Å². The van der Waals surface area contributed by atoms with Gasteiger partial charge in [0.2, 0.25) is 0 Å². The Labute approximate surface area is 69.0 Å². The van der Waals surface area contributed by atoms with Crippen LogP contribution in [0.5, 0.6) is 5.75 Å². The van der Waals surface area contributed by atoms with Crippen molar-refractivity contribution in [2.45, 2.75) is 6.42 Å². The van der Waals surface area contributed by atoms with Crippen LogP contribution in [0.3, 0.4) is 0 Å². The molecule has 1 heterocycles. The third-order valence-corrected chi connectivity index (χ3v) is 1.81. The number of benzene rings is 1. The van der Waals surface area contributed by atoms with Crippen molar-refractivity contribution >= 4 is 5.78 Å². The first-order valence-corrected chi connectivity index (χ1v) is 3.69. The Bertz CT molecular complexity index is 333. The molecule has 1 aromatic rings. The molecule has 0 radical (unpaired) electrons. The predicted molar refractivity (Wildman–Crippen MR) is 40.6 cm³/mol. The Kier molecular flexibility index (Phi) is 1.57. The van der Waals surface area contributed by atoms with E-state index < -0.39 is 0 Å². The summed E-state index contributed by atoms with van der Waals surface area (Å²) in [6, 6.07) is 4.61. The van der Waals surface area contributed by atoms with E-state index in [0.717, 1.165) is 0 Å². The van der Waals surface area contributed by atoms with Crippen LogP contribution in [-0.4, -0.2) is 12.4 Å². The molecular weight excluding hydrogens is 159 g/mol. The summed E-state index contributed by atoms with van der Waals surface area (Å²) in [6.07, 6.45) is 0.285. The number of ketones is 1. The third kappa shape index (κ3) is 1.07. The Hall–Kier alpha value is -1.38. The van der Waals surface area contributed by atoms with Gasteiger partial charge in [-0.1, -0.05) is 12.1 Å². The minimum atomic E-state index is -0.389. The van der Waals surface area contributed by atoms with E-state index in [2.05, 4.69) is 0 Å². The Balaban J connectivity index is 2.48. The summed E-state index contributed by atoms with van der Waals surface area (Å²) in [7, 11) is 0. The molecule has 1 aromatic carbocycles. The summed E-state index contributed by atoms with van der Waals surface area (Å²) in [6.45, 7) is -0.00602. The van der Waals surface area contributed by atoms with Gasteiger partial charge in [0.15, 0.2) is 17.3 Å². The second-order valence-electron chi connectivity index (χ2n) is 2.73. The molecule has 0 aromatic heterocycles. The molecule has 0 aliphatic carbocycles. The van der Waals surface area contributed by atoms with E-state index in [1.807, 2.05) is 0 Å². The van der Waals surface area contributed by atoms with Gasteiger partial charge >= 0.3 is 0 Å². The van der Waals surface area contributed by atoms with Gasteiger partial charge in [0.05, 0.1) is 0 Å². The van der Waals surface area contributed by atoms with E-state index in [-0.39, 0.29) is 30.4 Å². The quantitative estimate of drug-likeness (QED) is 0.581. The number of ether oxygens (including phenoxy) is 1. The number of fused-ring (bicyclic) bond motifs is 1. The van der Waals surface area contributed by atoms with Gasteiger partial charge in [0.1, 0.15) is 6.61 Å². The lowest BCUT2D eigenvalue weighted by atomic mass is 10.1. The van der Waals surface area contributed by atoms with Crippen LogP contribution in [0.1, 0.15) is 5.56 Å². The molecule has 0 saturated carbocycles. The van der Waals surface area contributed by atoms with Gasteiger partial charge in [0.25, 0.3) is 0 Å². The van der Waals surface area contributed by atoms with Crippen LogP contribution in [0.15, 0.2) is 18.2 Å². The normalized spacial score (nSPS) is 15.2. The Morgan fingerprint density at radius 2 is 2.25 bits per heavy atom. The van der Waals surface area contributed by atoms with Crippen LogP contribution < -0.4 is 4.74 Å². The van der Waals surface area contributed by atoms with Gasteiger partial charge in [-0.2, -0.15) is 0 Å². The highest BCUT2D eigenvalue weighted by Gasteiger charge is 2.19. The average Bonchev–Trinajstić information content (AvgIpc) is 2.04. The molecule has 0 spiro atoms. The first-order valence-electron chi connectivity index (χ1n) is 3.69. The minimum Gasteiger partial charge on any atom is -0.482 e. The topological polar surface area (TPSA) is 26.3 Å². The first-order chi connectivity index (χ1) is 5.77. The maximum absolute atomic E-state index is 13.0. The number of carbonyl (C=O) groups excluding carboxylic acids is 1.